The van der Waals surface area contributed by atoms with Crippen molar-refractivity contribution in [3.05, 3.63) is 16.6 Å². The molecule has 1 unspecified atom stereocenters. The first-order chi connectivity index (χ1) is 24.0. The molecule has 51 heavy (non-hydrogen) atoms. The van der Waals surface area contributed by atoms with Crippen LogP contribution in [0.3, 0.4) is 0 Å². The molecular weight excluding hydrogens is 680 g/mol. The topological polar surface area (TPSA) is 146 Å². The fourth-order valence-corrected chi connectivity index (χ4v) is 8.72. The van der Waals surface area contributed by atoms with Gasteiger partial charge in [-0.05, 0) is 69.6 Å². The van der Waals surface area contributed by atoms with Gasteiger partial charge in [0, 0.05) is 77.9 Å². The molecule has 3 atom stereocenters. The lowest BCUT2D eigenvalue weighted by atomic mass is 9.70. The number of aromatic nitrogens is 1. The SMILES string of the molecule is CC(C)(C(=O)N1CC2(CN(C(=O)c3cncs3)C[C@H]2C(N)=O)C1)C1CC1.CC(O)C1CCC(F)(F)CC1.CCCC(=O)N1CCC[C@H](COC)C1.[HH]. The van der Waals surface area contributed by atoms with Gasteiger partial charge in [-0.3, -0.25) is 24.2 Å². The number of piperidine rings is 1. The molecule has 1 spiro atoms. The highest BCUT2D eigenvalue weighted by atomic mass is 32.1. The van der Waals surface area contributed by atoms with Crippen molar-refractivity contribution in [2.75, 3.05) is 53.0 Å². The zero-order valence-corrected chi connectivity index (χ0v) is 31.9. The third-order valence-corrected chi connectivity index (χ3v) is 12.3. The molecule has 2 aliphatic carbocycles. The summed E-state index contributed by atoms with van der Waals surface area (Å²) in [5, 5.41) is 9.10. The van der Waals surface area contributed by atoms with Crippen LogP contribution in [-0.4, -0.2) is 113 Å². The average Bonchev–Trinajstić information content (AvgIpc) is 3.64. The van der Waals surface area contributed by atoms with Crippen molar-refractivity contribution >= 4 is 35.0 Å². The second-order valence-electron chi connectivity index (χ2n) is 16.0. The van der Waals surface area contributed by atoms with Crippen molar-refractivity contribution in [2.24, 2.45) is 40.2 Å². The van der Waals surface area contributed by atoms with Gasteiger partial charge in [0.25, 0.3) is 5.91 Å². The minimum Gasteiger partial charge on any atom is -0.393 e. The summed E-state index contributed by atoms with van der Waals surface area (Å²) in [5.41, 5.74) is 6.51. The van der Waals surface area contributed by atoms with E-state index in [1.54, 1.807) is 30.6 Å². The summed E-state index contributed by atoms with van der Waals surface area (Å²) in [6, 6.07) is 0. The van der Waals surface area contributed by atoms with Crippen LogP contribution >= 0.6 is 11.3 Å². The smallest absolute Gasteiger partial charge is 0.265 e. The number of nitrogens with zero attached hydrogens (tertiary/aromatic N) is 4. The Morgan fingerprint density at radius 3 is 2.25 bits per heavy atom. The van der Waals surface area contributed by atoms with E-state index in [9.17, 15) is 28.0 Å². The molecule has 3 saturated heterocycles. The van der Waals surface area contributed by atoms with Crippen molar-refractivity contribution in [1.82, 2.24) is 19.7 Å². The fourth-order valence-electron chi connectivity index (χ4n) is 8.14. The highest BCUT2D eigenvalue weighted by molar-refractivity contribution is 7.11. The second kappa shape index (κ2) is 17.4. The summed E-state index contributed by atoms with van der Waals surface area (Å²) in [6.07, 6.45) is 8.13. The van der Waals surface area contributed by atoms with E-state index < -0.39 is 29.3 Å². The van der Waals surface area contributed by atoms with Gasteiger partial charge in [0.15, 0.2) is 0 Å². The Morgan fingerprint density at radius 1 is 1.08 bits per heavy atom. The van der Waals surface area contributed by atoms with Crippen LogP contribution in [0.2, 0.25) is 0 Å². The van der Waals surface area contributed by atoms with E-state index in [1.807, 2.05) is 23.6 Å². The van der Waals surface area contributed by atoms with Crippen LogP contribution < -0.4 is 5.73 Å². The molecule has 4 heterocycles. The van der Waals surface area contributed by atoms with Crippen LogP contribution in [0, 0.1) is 34.5 Å². The first-order valence-corrected chi connectivity index (χ1v) is 19.5. The highest BCUT2D eigenvalue weighted by Crippen LogP contribution is 2.50. The zero-order valence-electron chi connectivity index (χ0n) is 31.1. The molecule has 6 rings (SSSR count). The van der Waals surface area contributed by atoms with Crippen LogP contribution in [0.1, 0.15) is 103 Å². The van der Waals surface area contributed by atoms with E-state index in [1.165, 1.54) is 17.8 Å². The summed E-state index contributed by atoms with van der Waals surface area (Å²) in [4.78, 5) is 59.2. The minimum atomic E-state index is -2.47. The van der Waals surface area contributed by atoms with Crippen LogP contribution in [0.25, 0.3) is 0 Å². The maximum absolute atomic E-state index is 12.9. The summed E-state index contributed by atoms with van der Waals surface area (Å²) < 4.78 is 30.3. The Bertz CT molecular complexity index is 1330. The number of rotatable bonds is 9. The normalized spacial score (nSPS) is 24.8. The maximum atomic E-state index is 12.9. The third-order valence-electron chi connectivity index (χ3n) is 11.6. The number of aliphatic hydroxyl groups excluding tert-OH is 1. The van der Waals surface area contributed by atoms with Gasteiger partial charge in [-0.1, -0.05) is 20.8 Å². The summed E-state index contributed by atoms with van der Waals surface area (Å²) in [5.74, 6) is -1.81. The molecule has 5 aliphatic rings. The predicted molar refractivity (Wildman–Crippen MR) is 193 cm³/mol. The largest absolute Gasteiger partial charge is 0.393 e. The van der Waals surface area contributed by atoms with Gasteiger partial charge in [0.1, 0.15) is 4.88 Å². The molecule has 5 fully saturated rings. The van der Waals surface area contributed by atoms with Crippen molar-refractivity contribution < 1.29 is 39.2 Å². The molecular formula is C37H61F2N5O6S. The molecule has 3 aliphatic heterocycles. The Balaban J connectivity index is 0.000000237. The number of nitrogens with two attached hydrogens (primary N) is 1. The van der Waals surface area contributed by atoms with Gasteiger partial charge in [0.05, 0.1) is 30.3 Å². The average molecular weight is 742 g/mol. The molecule has 0 bridgehead atoms. The predicted octanol–water partition coefficient (Wildman–Crippen LogP) is 5.08. The highest BCUT2D eigenvalue weighted by Gasteiger charge is 2.60. The molecule has 2 saturated carbocycles. The molecule has 1 aromatic heterocycles. The number of carbonyl (C=O) groups excluding carboxylic acids is 4. The van der Waals surface area contributed by atoms with E-state index in [0.29, 0.717) is 68.1 Å². The first-order valence-electron chi connectivity index (χ1n) is 18.6. The number of ether oxygens (including phenoxy) is 1. The van der Waals surface area contributed by atoms with Gasteiger partial charge in [0.2, 0.25) is 23.6 Å². The van der Waals surface area contributed by atoms with Crippen LogP contribution in [0.15, 0.2) is 11.7 Å². The van der Waals surface area contributed by atoms with Crippen molar-refractivity contribution in [1.29, 1.82) is 0 Å². The Morgan fingerprint density at radius 2 is 1.73 bits per heavy atom. The molecule has 0 aromatic carbocycles. The van der Waals surface area contributed by atoms with E-state index in [4.69, 9.17) is 15.6 Å². The number of alkyl halides is 2. The summed E-state index contributed by atoms with van der Waals surface area (Å²) in [6.45, 7) is 12.2. The van der Waals surface area contributed by atoms with Crippen molar-refractivity contribution in [2.45, 2.75) is 104 Å². The van der Waals surface area contributed by atoms with Gasteiger partial charge < -0.3 is 30.3 Å². The van der Waals surface area contributed by atoms with E-state index in [-0.39, 0.29) is 37.4 Å². The molecule has 11 nitrogen and oxygen atoms in total. The number of hydrogen-bond donors (Lipinski definition) is 2. The van der Waals surface area contributed by atoms with E-state index >= 15 is 0 Å². The van der Waals surface area contributed by atoms with Gasteiger partial charge in [-0.15, -0.1) is 11.3 Å². The van der Waals surface area contributed by atoms with E-state index in [2.05, 4.69) is 11.9 Å². The Labute approximate surface area is 307 Å². The van der Waals surface area contributed by atoms with Gasteiger partial charge >= 0.3 is 0 Å². The number of aliphatic hydroxyl groups is 1. The Kier molecular flexibility index (Phi) is 14.0. The number of primary amides is 1. The Hall–Kier alpha value is -2.71. The molecule has 0 radical (unpaired) electrons. The molecule has 14 heteroatoms. The van der Waals surface area contributed by atoms with Crippen LogP contribution in [0.4, 0.5) is 8.78 Å². The lowest BCUT2D eigenvalue weighted by Gasteiger charge is -2.52. The quantitative estimate of drug-likeness (QED) is 0.359. The van der Waals surface area contributed by atoms with Gasteiger partial charge in [-0.25, -0.2) is 8.78 Å². The van der Waals surface area contributed by atoms with Crippen molar-refractivity contribution in [3.8, 4) is 0 Å². The second-order valence-corrected chi connectivity index (χ2v) is 16.9. The van der Waals surface area contributed by atoms with Crippen LogP contribution in [-0.2, 0) is 19.1 Å². The van der Waals surface area contributed by atoms with Crippen LogP contribution in [0.5, 0.6) is 0 Å². The lowest BCUT2D eigenvalue weighted by molar-refractivity contribution is -0.158. The number of carbonyl (C=O) groups is 4. The number of likely N-dealkylation sites (tertiary alicyclic amines) is 3. The van der Waals surface area contributed by atoms with E-state index in [0.717, 1.165) is 45.4 Å². The molecule has 1 aromatic rings. The number of amides is 4. The molecule has 3 N–H and O–H groups in total. The number of halogens is 2. The number of methoxy groups -OCH3 is 1. The first kappa shape index (κ1) is 41.1. The number of thiazole rings is 1. The van der Waals surface area contributed by atoms with Crippen molar-refractivity contribution in [3.63, 3.8) is 0 Å². The minimum absolute atomic E-state index is 0. The summed E-state index contributed by atoms with van der Waals surface area (Å²) >= 11 is 1.29. The lowest BCUT2D eigenvalue weighted by Crippen LogP contribution is -2.65. The molecule has 4 amide bonds. The molecule has 290 valence electrons. The summed E-state index contributed by atoms with van der Waals surface area (Å²) in [7, 11) is 1.73. The number of hydrogen-bond acceptors (Lipinski definition) is 8. The zero-order chi connectivity index (χ0) is 37.6. The standard InChI is InChI=1S/C18H24N4O3S.C11H21NO2.C8H14F2O.H2/c1-17(2,11-3-4-11)16(25)22-8-18(9-22)7-21(6-12(18)14(19)23)15(24)13-5-20-10-26-13;1-3-5-11(13)12-7-4-6-10(8-12)9-14-2;1-6(11)7-2-4-8(9,10)5-3-7;/h5,10-12H,3-4,6-9H2,1-2H3,(H2,19,23);10H,3-9H2,1-2H3;6-7,11H,2-5H2,1H3;1H/t12-;10-;;/m00../s1. The fraction of sp³-hybridized carbons (Fsp3) is 0.811. The monoisotopic (exact) mass is 741 g/mol. The van der Waals surface area contributed by atoms with Gasteiger partial charge in [-0.2, -0.15) is 0 Å². The third kappa shape index (κ3) is 10.5. The maximum Gasteiger partial charge on any atom is 0.265 e.